The summed E-state index contributed by atoms with van der Waals surface area (Å²) >= 11 is 0. The van der Waals surface area contributed by atoms with Crippen LogP contribution in [0, 0.1) is 0 Å². The van der Waals surface area contributed by atoms with Crippen LogP contribution in [0.5, 0.6) is 0 Å². The van der Waals surface area contributed by atoms with Crippen molar-refractivity contribution in [3.8, 4) is 0 Å². The second-order valence-corrected chi connectivity index (χ2v) is 8.95. The van der Waals surface area contributed by atoms with Gasteiger partial charge in [0.25, 0.3) is 0 Å². The Morgan fingerprint density at radius 3 is 2.22 bits per heavy atom. The maximum absolute atomic E-state index is 4.57. The smallest absolute Gasteiger partial charge is 0.226 e. The molecule has 1 aliphatic carbocycles. The molecular formula is C26H30N6. The van der Waals surface area contributed by atoms with Gasteiger partial charge in [0.05, 0.1) is 0 Å². The van der Waals surface area contributed by atoms with Crippen LogP contribution in [-0.4, -0.2) is 43.0 Å². The molecule has 1 aliphatic heterocycles. The van der Waals surface area contributed by atoms with E-state index >= 15 is 0 Å². The molecule has 32 heavy (non-hydrogen) atoms. The van der Waals surface area contributed by atoms with E-state index in [1.807, 2.05) is 4.68 Å². The molecule has 1 atom stereocenters. The molecule has 0 saturated heterocycles. The van der Waals surface area contributed by atoms with E-state index in [0.29, 0.717) is 0 Å². The van der Waals surface area contributed by atoms with Gasteiger partial charge in [0.15, 0.2) is 0 Å². The van der Waals surface area contributed by atoms with Crippen molar-refractivity contribution < 1.29 is 0 Å². The first-order valence-electron chi connectivity index (χ1n) is 11.2. The molecule has 6 nitrogen and oxygen atoms in total. The first kappa shape index (κ1) is 20.4. The van der Waals surface area contributed by atoms with Gasteiger partial charge in [0.1, 0.15) is 12.4 Å². The van der Waals surface area contributed by atoms with Gasteiger partial charge in [-0.1, -0.05) is 24.3 Å². The molecule has 1 N–H and O–H groups in total. The van der Waals surface area contributed by atoms with E-state index in [1.54, 1.807) is 6.33 Å². The third-order valence-electron chi connectivity index (χ3n) is 6.39. The van der Waals surface area contributed by atoms with Gasteiger partial charge in [0, 0.05) is 45.3 Å². The van der Waals surface area contributed by atoms with Gasteiger partial charge in [-0.3, -0.25) is 0 Å². The molecule has 0 unspecified atom stereocenters. The molecule has 2 heterocycles. The lowest BCUT2D eigenvalue weighted by molar-refractivity contribution is 0.538. The number of hydrogen-bond acceptors (Lipinski definition) is 5. The molecule has 0 amide bonds. The Hall–Kier alpha value is -3.54. The van der Waals surface area contributed by atoms with Crippen LogP contribution in [0.15, 0.2) is 71.7 Å². The summed E-state index contributed by atoms with van der Waals surface area (Å²) in [5.41, 5.74) is 8.82. The van der Waals surface area contributed by atoms with Crippen molar-refractivity contribution in [2.75, 3.05) is 43.3 Å². The summed E-state index contributed by atoms with van der Waals surface area (Å²) in [5, 5.41) is 8.17. The first-order chi connectivity index (χ1) is 15.5. The monoisotopic (exact) mass is 426 g/mol. The van der Waals surface area contributed by atoms with Crippen molar-refractivity contribution in [3.05, 3.63) is 82.8 Å². The minimum absolute atomic E-state index is 0.0692. The second-order valence-electron chi connectivity index (χ2n) is 8.95. The molecule has 2 aromatic carbocycles. The minimum Gasteiger partial charge on any atom is -0.378 e. The molecule has 164 valence electrons. The molecule has 5 rings (SSSR count). The fraction of sp³-hybridized carbons (Fsp3) is 0.308. The van der Waals surface area contributed by atoms with Gasteiger partial charge in [-0.2, -0.15) is 10.1 Å². The summed E-state index contributed by atoms with van der Waals surface area (Å²) < 4.78 is 2.03. The van der Waals surface area contributed by atoms with Crippen LogP contribution in [-0.2, 0) is 0 Å². The number of allylic oxidation sites excluding steroid dienone is 2. The highest BCUT2D eigenvalue weighted by atomic mass is 15.4. The highest BCUT2D eigenvalue weighted by molar-refractivity contribution is 5.67. The number of rotatable bonds is 4. The average Bonchev–Trinajstić information content (AvgIpc) is 3.26. The normalized spacial score (nSPS) is 18.8. The Balaban J connectivity index is 1.56. The van der Waals surface area contributed by atoms with Crippen molar-refractivity contribution in [1.29, 1.82) is 0 Å². The fourth-order valence-corrected chi connectivity index (χ4v) is 4.66. The van der Waals surface area contributed by atoms with Crippen molar-refractivity contribution >= 4 is 23.4 Å². The van der Waals surface area contributed by atoms with Gasteiger partial charge in [-0.05, 0) is 71.9 Å². The first-order valence-corrected chi connectivity index (χ1v) is 11.2. The average molecular weight is 427 g/mol. The summed E-state index contributed by atoms with van der Waals surface area (Å²) in [4.78, 5) is 8.76. The predicted molar refractivity (Wildman–Crippen MR) is 132 cm³/mol. The molecule has 6 heteroatoms. The molecule has 0 bridgehead atoms. The van der Waals surface area contributed by atoms with Crippen LogP contribution in [0.2, 0.25) is 0 Å². The zero-order valence-electron chi connectivity index (χ0n) is 19.2. The van der Waals surface area contributed by atoms with Crippen LogP contribution >= 0.6 is 0 Å². The summed E-state index contributed by atoms with van der Waals surface area (Å²) in [5.74, 6) is 0.807. The Kier molecular flexibility index (Phi) is 5.21. The SMILES string of the molecule is CN(C)c1ccc(/C=C2/CCCC3=C2Nc2ncnn2[C@@H]3c2ccc(N(C)C)cc2)cc1. The molecule has 0 fully saturated rings. The maximum atomic E-state index is 4.57. The Labute approximate surface area is 189 Å². The Bertz CT molecular complexity index is 1170. The molecule has 0 radical (unpaired) electrons. The number of aromatic nitrogens is 3. The van der Waals surface area contributed by atoms with Crippen LogP contribution in [0.25, 0.3) is 6.08 Å². The summed E-state index contributed by atoms with van der Waals surface area (Å²) in [6, 6.07) is 17.6. The zero-order chi connectivity index (χ0) is 22.2. The van der Waals surface area contributed by atoms with Crippen LogP contribution in [0.1, 0.15) is 36.4 Å². The summed E-state index contributed by atoms with van der Waals surface area (Å²) in [7, 11) is 8.27. The lowest BCUT2D eigenvalue weighted by Crippen LogP contribution is -2.28. The van der Waals surface area contributed by atoms with Gasteiger partial charge in [-0.25, -0.2) is 4.68 Å². The van der Waals surface area contributed by atoms with E-state index in [0.717, 1.165) is 25.2 Å². The quantitative estimate of drug-likeness (QED) is 0.640. The summed E-state index contributed by atoms with van der Waals surface area (Å²) in [6.45, 7) is 0. The number of fused-ring (bicyclic) bond motifs is 1. The molecule has 3 aromatic rings. The van der Waals surface area contributed by atoms with Gasteiger partial charge in [-0.15, -0.1) is 0 Å². The number of hydrogen-bond donors (Lipinski definition) is 1. The van der Waals surface area contributed by atoms with Crippen molar-refractivity contribution in [2.45, 2.75) is 25.3 Å². The molecular weight excluding hydrogens is 396 g/mol. The van der Waals surface area contributed by atoms with E-state index in [1.165, 1.54) is 39.3 Å². The predicted octanol–water partition coefficient (Wildman–Crippen LogP) is 4.95. The minimum atomic E-state index is 0.0692. The van der Waals surface area contributed by atoms with E-state index in [-0.39, 0.29) is 6.04 Å². The highest BCUT2D eigenvalue weighted by Gasteiger charge is 2.33. The van der Waals surface area contributed by atoms with Crippen molar-refractivity contribution in [3.63, 3.8) is 0 Å². The third kappa shape index (κ3) is 3.66. The largest absolute Gasteiger partial charge is 0.378 e. The fourth-order valence-electron chi connectivity index (χ4n) is 4.66. The Morgan fingerprint density at radius 2 is 1.56 bits per heavy atom. The molecule has 0 saturated carbocycles. The lowest BCUT2D eigenvalue weighted by Gasteiger charge is -2.34. The van der Waals surface area contributed by atoms with Crippen LogP contribution in [0.3, 0.4) is 0 Å². The number of nitrogens with zero attached hydrogens (tertiary/aromatic N) is 5. The van der Waals surface area contributed by atoms with Crippen molar-refractivity contribution in [1.82, 2.24) is 14.8 Å². The molecule has 2 aliphatic rings. The Morgan fingerprint density at radius 1 is 0.906 bits per heavy atom. The second kappa shape index (κ2) is 8.19. The van der Waals surface area contributed by atoms with Crippen molar-refractivity contribution in [2.24, 2.45) is 0 Å². The van der Waals surface area contributed by atoms with E-state index in [4.69, 9.17) is 0 Å². The van der Waals surface area contributed by atoms with E-state index < -0.39 is 0 Å². The molecule has 0 spiro atoms. The highest BCUT2D eigenvalue weighted by Crippen LogP contribution is 2.43. The number of anilines is 3. The van der Waals surface area contributed by atoms with Crippen LogP contribution in [0.4, 0.5) is 17.3 Å². The molecule has 1 aromatic heterocycles. The van der Waals surface area contributed by atoms with Gasteiger partial charge >= 0.3 is 0 Å². The van der Waals surface area contributed by atoms with E-state index in [9.17, 15) is 0 Å². The van der Waals surface area contributed by atoms with Gasteiger partial charge < -0.3 is 15.1 Å². The van der Waals surface area contributed by atoms with Crippen LogP contribution < -0.4 is 15.1 Å². The van der Waals surface area contributed by atoms with E-state index in [2.05, 4.69) is 108 Å². The zero-order valence-corrected chi connectivity index (χ0v) is 19.2. The number of nitrogens with one attached hydrogen (secondary N) is 1. The maximum Gasteiger partial charge on any atom is 0.226 e. The lowest BCUT2D eigenvalue weighted by atomic mass is 9.83. The number of benzene rings is 2. The third-order valence-corrected chi connectivity index (χ3v) is 6.39. The summed E-state index contributed by atoms with van der Waals surface area (Å²) in [6.07, 6.45) is 7.21. The topological polar surface area (TPSA) is 49.2 Å². The van der Waals surface area contributed by atoms with Gasteiger partial charge in [0.2, 0.25) is 5.95 Å². The standard InChI is InChI=1S/C26H30N6/c1-30(2)21-12-8-18(9-13-21)16-20-6-5-7-23-24(20)29-26-27-17-28-32(26)25(23)19-10-14-22(15-11-19)31(3)4/h8-17,25H,5-7H2,1-4H3,(H,27,28,29)/b20-16-/t25-/m1/s1.